The third-order valence-corrected chi connectivity index (χ3v) is 5.54. The number of nitrogens with zero attached hydrogens (tertiary/aromatic N) is 1. The summed E-state index contributed by atoms with van der Waals surface area (Å²) in [6, 6.07) is 12.5. The maximum Gasteiger partial charge on any atom is 0.257 e. The molecule has 1 aliphatic carbocycles. The highest BCUT2D eigenvalue weighted by atomic mass is 19.1. The van der Waals surface area contributed by atoms with Gasteiger partial charge < -0.3 is 25.4 Å². The van der Waals surface area contributed by atoms with E-state index in [9.17, 15) is 9.18 Å². The zero-order chi connectivity index (χ0) is 23.0. The van der Waals surface area contributed by atoms with Gasteiger partial charge in [-0.25, -0.2) is 4.39 Å². The molecule has 0 aromatic heterocycles. The number of nitrogens with one attached hydrogen (secondary N) is 3. The first-order valence-corrected chi connectivity index (χ1v) is 10.8. The standard InChI is InChI=1S/C24H31FN4O3/c1-4-27-22(30)15-32-20-10-9-17(13-21(20)31-3)14-28-23(26-2)29-16-24(11-12-24)18-7-5-6-8-19(18)25/h5-10,13H,4,11-12,14-16H2,1-3H3,(H,27,30)(H2,26,28,29). The number of rotatable bonds is 10. The molecular weight excluding hydrogens is 411 g/mol. The first-order valence-electron chi connectivity index (χ1n) is 10.8. The molecule has 0 bridgehead atoms. The van der Waals surface area contributed by atoms with Crippen molar-refractivity contribution in [2.75, 3.05) is 33.9 Å². The first-order chi connectivity index (χ1) is 15.5. The molecule has 172 valence electrons. The summed E-state index contributed by atoms with van der Waals surface area (Å²) in [5.74, 6) is 1.36. The lowest BCUT2D eigenvalue weighted by Crippen LogP contribution is -2.41. The number of amides is 1. The van der Waals surface area contributed by atoms with Crippen LogP contribution in [0.2, 0.25) is 0 Å². The van der Waals surface area contributed by atoms with Gasteiger partial charge in [-0.3, -0.25) is 9.79 Å². The van der Waals surface area contributed by atoms with Crippen LogP contribution in [0.5, 0.6) is 11.5 Å². The van der Waals surface area contributed by atoms with Crippen molar-refractivity contribution >= 4 is 11.9 Å². The molecule has 1 aliphatic rings. The van der Waals surface area contributed by atoms with Gasteiger partial charge in [0.1, 0.15) is 5.82 Å². The number of aliphatic imine (C=N–C) groups is 1. The van der Waals surface area contributed by atoms with Gasteiger partial charge in [0.15, 0.2) is 24.1 Å². The van der Waals surface area contributed by atoms with Gasteiger partial charge in [-0.1, -0.05) is 24.3 Å². The number of guanidine groups is 1. The van der Waals surface area contributed by atoms with E-state index in [0.29, 0.717) is 37.1 Å². The topological polar surface area (TPSA) is 84.0 Å². The summed E-state index contributed by atoms with van der Waals surface area (Å²) in [6.45, 7) is 3.47. The second kappa shape index (κ2) is 10.8. The van der Waals surface area contributed by atoms with Gasteiger partial charge in [-0.15, -0.1) is 0 Å². The SMILES string of the molecule is CCNC(=O)COc1ccc(CNC(=NC)NCC2(c3ccccc3F)CC2)cc1OC. The first kappa shape index (κ1) is 23.4. The molecule has 2 aromatic carbocycles. The summed E-state index contributed by atoms with van der Waals surface area (Å²) in [4.78, 5) is 15.9. The number of carbonyl (C=O) groups is 1. The maximum absolute atomic E-state index is 14.2. The van der Waals surface area contributed by atoms with Gasteiger partial charge in [-0.2, -0.15) is 0 Å². The zero-order valence-corrected chi connectivity index (χ0v) is 18.8. The van der Waals surface area contributed by atoms with Gasteiger partial charge in [0.05, 0.1) is 7.11 Å². The van der Waals surface area contributed by atoms with Crippen LogP contribution in [-0.4, -0.2) is 45.7 Å². The van der Waals surface area contributed by atoms with Crippen molar-refractivity contribution in [2.45, 2.75) is 31.7 Å². The largest absolute Gasteiger partial charge is 0.493 e. The number of hydrogen-bond acceptors (Lipinski definition) is 4. The summed E-state index contributed by atoms with van der Waals surface area (Å²) in [5, 5.41) is 9.29. The van der Waals surface area contributed by atoms with Gasteiger partial charge in [-0.05, 0) is 49.1 Å². The molecule has 7 nitrogen and oxygen atoms in total. The van der Waals surface area contributed by atoms with E-state index >= 15 is 0 Å². The Morgan fingerprint density at radius 1 is 1.12 bits per heavy atom. The molecular formula is C24H31FN4O3. The highest BCUT2D eigenvalue weighted by Crippen LogP contribution is 2.48. The molecule has 0 saturated heterocycles. The second-order valence-corrected chi connectivity index (χ2v) is 7.77. The highest BCUT2D eigenvalue weighted by Gasteiger charge is 2.45. The number of likely N-dealkylation sites (N-methyl/N-ethyl adjacent to an activating group) is 1. The Balaban J connectivity index is 1.54. The van der Waals surface area contributed by atoms with Crippen LogP contribution in [-0.2, 0) is 16.8 Å². The summed E-state index contributed by atoms with van der Waals surface area (Å²) in [7, 11) is 3.26. The molecule has 0 radical (unpaired) electrons. The molecule has 32 heavy (non-hydrogen) atoms. The third-order valence-electron chi connectivity index (χ3n) is 5.54. The molecule has 3 rings (SSSR count). The average Bonchev–Trinajstić information content (AvgIpc) is 3.59. The average molecular weight is 443 g/mol. The fourth-order valence-electron chi connectivity index (χ4n) is 3.58. The molecule has 1 saturated carbocycles. The quantitative estimate of drug-likeness (QED) is 0.389. The smallest absolute Gasteiger partial charge is 0.257 e. The molecule has 0 spiro atoms. The van der Waals surface area contributed by atoms with E-state index in [2.05, 4.69) is 20.9 Å². The second-order valence-electron chi connectivity index (χ2n) is 7.77. The van der Waals surface area contributed by atoms with E-state index in [1.807, 2.05) is 31.2 Å². The van der Waals surface area contributed by atoms with Gasteiger partial charge in [0, 0.05) is 32.1 Å². The summed E-state index contributed by atoms with van der Waals surface area (Å²) in [5.41, 5.74) is 1.55. The van der Waals surface area contributed by atoms with Crippen molar-refractivity contribution in [3.8, 4) is 11.5 Å². The lowest BCUT2D eigenvalue weighted by atomic mass is 9.95. The van der Waals surface area contributed by atoms with Crippen LogP contribution in [0.4, 0.5) is 4.39 Å². The maximum atomic E-state index is 14.2. The third kappa shape index (κ3) is 5.90. The molecule has 1 amide bonds. The minimum Gasteiger partial charge on any atom is -0.493 e. The van der Waals surface area contributed by atoms with Crippen LogP contribution >= 0.6 is 0 Å². The van der Waals surface area contributed by atoms with E-state index < -0.39 is 0 Å². The number of carbonyl (C=O) groups excluding carboxylic acids is 1. The predicted octanol–water partition coefficient (Wildman–Crippen LogP) is 2.75. The Hall–Kier alpha value is -3.29. The molecule has 2 aromatic rings. The fourth-order valence-corrected chi connectivity index (χ4v) is 3.58. The van der Waals surface area contributed by atoms with E-state index in [0.717, 1.165) is 24.0 Å². The van der Waals surface area contributed by atoms with Crippen molar-refractivity contribution in [3.05, 3.63) is 59.4 Å². The minimum atomic E-state index is -0.181. The lowest BCUT2D eigenvalue weighted by molar-refractivity contribution is -0.123. The monoisotopic (exact) mass is 442 g/mol. The molecule has 0 aliphatic heterocycles. The van der Waals surface area contributed by atoms with Crippen LogP contribution < -0.4 is 25.4 Å². The van der Waals surface area contributed by atoms with Crippen LogP contribution in [0.3, 0.4) is 0 Å². The molecule has 8 heteroatoms. The number of ether oxygens (including phenoxy) is 2. The zero-order valence-electron chi connectivity index (χ0n) is 18.8. The number of hydrogen-bond donors (Lipinski definition) is 3. The summed E-state index contributed by atoms with van der Waals surface area (Å²) < 4.78 is 25.2. The normalized spacial score (nSPS) is 14.4. The van der Waals surface area contributed by atoms with Crippen LogP contribution in [0.1, 0.15) is 30.9 Å². The van der Waals surface area contributed by atoms with Crippen molar-refractivity contribution in [1.29, 1.82) is 0 Å². The number of benzene rings is 2. The molecule has 0 unspecified atom stereocenters. The summed E-state index contributed by atoms with van der Waals surface area (Å²) in [6.07, 6.45) is 1.90. The summed E-state index contributed by atoms with van der Waals surface area (Å²) >= 11 is 0. The van der Waals surface area contributed by atoms with E-state index in [1.54, 1.807) is 26.3 Å². The van der Waals surface area contributed by atoms with Crippen LogP contribution in [0.25, 0.3) is 0 Å². The molecule has 0 atom stereocenters. The Labute approximate surface area is 188 Å². The predicted molar refractivity (Wildman–Crippen MR) is 123 cm³/mol. The molecule has 3 N–H and O–H groups in total. The lowest BCUT2D eigenvalue weighted by Gasteiger charge is -2.20. The molecule has 1 fully saturated rings. The number of halogens is 1. The Morgan fingerprint density at radius 3 is 2.56 bits per heavy atom. The number of methoxy groups -OCH3 is 1. The molecule has 0 heterocycles. The van der Waals surface area contributed by atoms with Gasteiger partial charge >= 0.3 is 0 Å². The van der Waals surface area contributed by atoms with Crippen molar-refractivity contribution in [3.63, 3.8) is 0 Å². The van der Waals surface area contributed by atoms with Gasteiger partial charge in [0.25, 0.3) is 5.91 Å². The van der Waals surface area contributed by atoms with Crippen LogP contribution in [0, 0.1) is 5.82 Å². The van der Waals surface area contributed by atoms with E-state index in [1.165, 1.54) is 6.07 Å². The van der Waals surface area contributed by atoms with E-state index in [-0.39, 0.29) is 23.7 Å². The minimum absolute atomic E-state index is 0.0673. The van der Waals surface area contributed by atoms with Gasteiger partial charge in [0.2, 0.25) is 0 Å². The van der Waals surface area contributed by atoms with Crippen LogP contribution in [0.15, 0.2) is 47.5 Å². The Kier molecular flexibility index (Phi) is 7.92. The Morgan fingerprint density at radius 2 is 1.91 bits per heavy atom. The van der Waals surface area contributed by atoms with E-state index in [4.69, 9.17) is 9.47 Å². The fraction of sp³-hybridized carbons (Fsp3) is 0.417. The van der Waals surface area contributed by atoms with Crippen molar-refractivity contribution in [2.24, 2.45) is 4.99 Å². The van der Waals surface area contributed by atoms with Crippen molar-refractivity contribution in [1.82, 2.24) is 16.0 Å². The Bertz CT molecular complexity index is 960. The highest BCUT2D eigenvalue weighted by molar-refractivity contribution is 5.80. The van der Waals surface area contributed by atoms with Crippen molar-refractivity contribution < 1.29 is 18.7 Å².